The lowest BCUT2D eigenvalue weighted by Crippen LogP contribution is -2.48. The van der Waals surface area contributed by atoms with Gasteiger partial charge in [0.25, 0.3) is 0 Å². The van der Waals surface area contributed by atoms with E-state index in [9.17, 15) is 0 Å². The summed E-state index contributed by atoms with van der Waals surface area (Å²) in [5.41, 5.74) is 0. The Hall–Kier alpha value is -0.120. The normalized spacial score (nSPS) is 26.3. The predicted octanol–water partition coefficient (Wildman–Crippen LogP) is 2.43. The van der Waals surface area contributed by atoms with E-state index in [0.717, 1.165) is 19.6 Å². The molecule has 1 fully saturated rings. The van der Waals surface area contributed by atoms with Gasteiger partial charge in [0.1, 0.15) is 0 Å². The van der Waals surface area contributed by atoms with E-state index in [1.54, 1.807) is 0 Å². The number of unbranched alkanes of at least 4 members (excludes halogenated alkanes) is 5. The summed E-state index contributed by atoms with van der Waals surface area (Å²) in [6, 6.07) is 0. The van der Waals surface area contributed by atoms with Crippen molar-refractivity contribution in [3.63, 3.8) is 0 Å². The standard InChI is InChI=1S/C14H29NO2/c1-3-4-5-6-7-8-9-15-10-13(2)17-14(11-15)12-16/h13-14,16H,3-12H2,1-2H3. The Labute approximate surface area is 106 Å². The van der Waals surface area contributed by atoms with E-state index in [4.69, 9.17) is 9.84 Å². The van der Waals surface area contributed by atoms with Crippen molar-refractivity contribution in [1.82, 2.24) is 4.90 Å². The lowest BCUT2D eigenvalue weighted by Gasteiger charge is -2.36. The highest BCUT2D eigenvalue weighted by Crippen LogP contribution is 2.12. The third kappa shape index (κ3) is 6.39. The number of hydrogen-bond acceptors (Lipinski definition) is 3. The molecule has 1 aliphatic heterocycles. The molecule has 1 N–H and O–H groups in total. The fraction of sp³-hybridized carbons (Fsp3) is 1.00. The summed E-state index contributed by atoms with van der Waals surface area (Å²) >= 11 is 0. The van der Waals surface area contributed by atoms with Crippen molar-refractivity contribution in [1.29, 1.82) is 0 Å². The minimum Gasteiger partial charge on any atom is -0.394 e. The van der Waals surface area contributed by atoms with Crippen LogP contribution in [0, 0.1) is 0 Å². The zero-order valence-corrected chi connectivity index (χ0v) is 11.5. The molecule has 0 amide bonds. The molecule has 1 saturated heterocycles. The predicted molar refractivity (Wildman–Crippen MR) is 71.2 cm³/mol. The van der Waals surface area contributed by atoms with Crippen molar-refractivity contribution in [3.05, 3.63) is 0 Å². The second-order valence-electron chi connectivity index (χ2n) is 5.28. The van der Waals surface area contributed by atoms with Crippen LogP contribution in [0.5, 0.6) is 0 Å². The monoisotopic (exact) mass is 243 g/mol. The Balaban J connectivity index is 2.05. The van der Waals surface area contributed by atoms with Crippen LogP contribution in [0.4, 0.5) is 0 Å². The summed E-state index contributed by atoms with van der Waals surface area (Å²) in [7, 11) is 0. The minimum absolute atomic E-state index is 0.0267. The van der Waals surface area contributed by atoms with Crippen LogP contribution in [0.15, 0.2) is 0 Å². The average Bonchev–Trinajstić information content (AvgIpc) is 2.33. The van der Waals surface area contributed by atoms with Gasteiger partial charge in [0.15, 0.2) is 0 Å². The van der Waals surface area contributed by atoms with E-state index in [1.165, 1.54) is 38.5 Å². The third-order valence-electron chi connectivity index (χ3n) is 3.43. The molecular formula is C14H29NO2. The minimum atomic E-state index is 0.0267. The first-order valence-electron chi connectivity index (χ1n) is 7.25. The highest BCUT2D eigenvalue weighted by Gasteiger charge is 2.23. The van der Waals surface area contributed by atoms with Crippen LogP contribution in [-0.2, 0) is 4.74 Å². The zero-order valence-electron chi connectivity index (χ0n) is 11.5. The SMILES string of the molecule is CCCCCCCCN1CC(C)OC(CO)C1. The molecule has 1 aliphatic rings. The molecule has 0 bridgehead atoms. The number of nitrogens with zero attached hydrogens (tertiary/aromatic N) is 1. The Kier molecular flexibility index (Phi) is 7.82. The fourth-order valence-corrected chi connectivity index (χ4v) is 2.54. The van der Waals surface area contributed by atoms with E-state index in [2.05, 4.69) is 18.7 Å². The van der Waals surface area contributed by atoms with Gasteiger partial charge in [-0.25, -0.2) is 0 Å². The van der Waals surface area contributed by atoms with Gasteiger partial charge in [0.2, 0.25) is 0 Å². The molecule has 0 aromatic carbocycles. The van der Waals surface area contributed by atoms with E-state index < -0.39 is 0 Å². The lowest BCUT2D eigenvalue weighted by atomic mass is 10.1. The summed E-state index contributed by atoms with van der Waals surface area (Å²) < 4.78 is 5.63. The van der Waals surface area contributed by atoms with Crippen LogP contribution >= 0.6 is 0 Å². The topological polar surface area (TPSA) is 32.7 Å². The molecule has 0 radical (unpaired) electrons. The van der Waals surface area contributed by atoms with Gasteiger partial charge in [-0.15, -0.1) is 0 Å². The smallest absolute Gasteiger partial charge is 0.0936 e. The average molecular weight is 243 g/mol. The fourth-order valence-electron chi connectivity index (χ4n) is 2.54. The molecule has 0 aliphatic carbocycles. The Morgan fingerprint density at radius 3 is 2.53 bits per heavy atom. The Morgan fingerprint density at radius 2 is 1.82 bits per heavy atom. The molecular weight excluding hydrogens is 214 g/mol. The molecule has 2 unspecified atom stereocenters. The molecule has 1 rings (SSSR count). The van der Waals surface area contributed by atoms with E-state index in [-0.39, 0.29) is 18.8 Å². The van der Waals surface area contributed by atoms with E-state index >= 15 is 0 Å². The van der Waals surface area contributed by atoms with Crippen molar-refractivity contribution in [2.24, 2.45) is 0 Å². The van der Waals surface area contributed by atoms with Crippen molar-refractivity contribution in [2.45, 2.75) is 64.6 Å². The summed E-state index contributed by atoms with van der Waals surface area (Å²) in [5.74, 6) is 0. The lowest BCUT2D eigenvalue weighted by molar-refractivity contribution is -0.0952. The molecule has 3 nitrogen and oxygen atoms in total. The number of rotatable bonds is 8. The van der Waals surface area contributed by atoms with Gasteiger partial charge >= 0.3 is 0 Å². The highest BCUT2D eigenvalue weighted by molar-refractivity contribution is 4.75. The second-order valence-corrected chi connectivity index (χ2v) is 5.28. The van der Waals surface area contributed by atoms with Gasteiger partial charge in [-0.05, 0) is 19.9 Å². The maximum Gasteiger partial charge on any atom is 0.0936 e. The van der Waals surface area contributed by atoms with Crippen molar-refractivity contribution < 1.29 is 9.84 Å². The Morgan fingerprint density at radius 1 is 1.12 bits per heavy atom. The van der Waals surface area contributed by atoms with E-state index in [1.807, 2.05) is 0 Å². The third-order valence-corrected chi connectivity index (χ3v) is 3.43. The number of hydrogen-bond donors (Lipinski definition) is 1. The first-order valence-corrected chi connectivity index (χ1v) is 7.25. The number of morpholine rings is 1. The molecule has 0 saturated carbocycles. The van der Waals surface area contributed by atoms with Crippen molar-refractivity contribution >= 4 is 0 Å². The van der Waals surface area contributed by atoms with Gasteiger partial charge in [-0.1, -0.05) is 39.0 Å². The largest absolute Gasteiger partial charge is 0.394 e. The van der Waals surface area contributed by atoms with Crippen LogP contribution in [0.3, 0.4) is 0 Å². The van der Waals surface area contributed by atoms with Gasteiger partial charge in [0.05, 0.1) is 18.8 Å². The second kappa shape index (κ2) is 8.90. The van der Waals surface area contributed by atoms with Crippen LogP contribution in [-0.4, -0.2) is 48.5 Å². The first kappa shape index (κ1) is 14.9. The first-order chi connectivity index (χ1) is 8.26. The zero-order chi connectivity index (χ0) is 12.5. The van der Waals surface area contributed by atoms with Crippen LogP contribution in [0.25, 0.3) is 0 Å². The summed E-state index contributed by atoms with van der Waals surface area (Å²) in [5, 5.41) is 9.14. The van der Waals surface area contributed by atoms with Gasteiger partial charge < -0.3 is 9.84 Å². The van der Waals surface area contributed by atoms with Gasteiger partial charge in [-0.3, -0.25) is 4.90 Å². The quantitative estimate of drug-likeness (QED) is 0.665. The molecule has 2 atom stereocenters. The summed E-state index contributed by atoms with van der Waals surface area (Å²) in [6.07, 6.45) is 8.37. The molecule has 17 heavy (non-hydrogen) atoms. The van der Waals surface area contributed by atoms with Gasteiger partial charge in [-0.2, -0.15) is 0 Å². The maximum atomic E-state index is 9.14. The van der Waals surface area contributed by atoms with Gasteiger partial charge in [0, 0.05) is 13.1 Å². The molecule has 0 spiro atoms. The maximum absolute atomic E-state index is 9.14. The molecule has 1 heterocycles. The highest BCUT2D eigenvalue weighted by atomic mass is 16.5. The number of ether oxygens (including phenoxy) is 1. The summed E-state index contributed by atoms with van der Waals surface area (Å²) in [6.45, 7) is 7.58. The molecule has 102 valence electrons. The number of aliphatic hydroxyl groups is 1. The Bertz CT molecular complexity index is 187. The van der Waals surface area contributed by atoms with E-state index in [0.29, 0.717) is 0 Å². The molecule has 0 aromatic rings. The molecule has 3 heteroatoms. The van der Waals surface area contributed by atoms with Crippen LogP contribution in [0.2, 0.25) is 0 Å². The van der Waals surface area contributed by atoms with Crippen molar-refractivity contribution in [3.8, 4) is 0 Å². The van der Waals surface area contributed by atoms with Crippen LogP contribution < -0.4 is 0 Å². The number of aliphatic hydroxyl groups excluding tert-OH is 1. The van der Waals surface area contributed by atoms with Crippen LogP contribution in [0.1, 0.15) is 52.4 Å². The molecule has 0 aromatic heterocycles. The summed E-state index contributed by atoms with van der Waals surface area (Å²) in [4.78, 5) is 2.44. The van der Waals surface area contributed by atoms with Crippen molar-refractivity contribution in [2.75, 3.05) is 26.2 Å².